The molecule has 4 aromatic rings. The van der Waals surface area contributed by atoms with Gasteiger partial charge in [-0.05, 0) is 18.2 Å². The minimum atomic E-state index is -5.16. The van der Waals surface area contributed by atoms with Crippen molar-refractivity contribution in [1.29, 1.82) is 0 Å². The van der Waals surface area contributed by atoms with E-state index in [9.17, 15) is 26.7 Å². The summed E-state index contributed by atoms with van der Waals surface area (Å²) in [7, 11) is 0. The van der Waals surface area contributed by atoms with Gasteiger partial charge in [-0.2, -0.15) is 23.0 Å². The van der Waals surface area contributed by atoms with Crippen LogP contribution in [0.4, 0.5) is 27.8 Å². The maximum Gasteiger partial charge on any atom is 0.434 e. The van der Waals surface area contributed by atoms with Crippen molar-refractivity contribution in [2.45, 2.75) is 6.18 Å². The van der Waals surface area contributed by atoms with Gasteiger partial charge in [0.05, 0.1) is 18.0 Å². The normalized spacial score (nSPS) is 11.5. The lowest BCUT2D eigenvalue weighted by Crippen LogP contribution is -2.21. The van der Waals surface area contributed by atoms with Gasteiger partial charge in [0.15, 0.2) is 28.8 Å². The van der Waals surface area contributed by atoms with Crippen molar-refractivity contribution < 1.29 is 31.5 Å². The van der Waals surface area contributed by atoms with Crippen LogP contribution >= 0.6 is 11.6 Å². The zero-order valence-corrected chi connectivity index (χ0v) is 17.8. The number of hydrogen-bond donors (Lipinski definition) is 2. The lowest BCUT2D eigenvalue weighted by atomic mass is 10.0. The molecule has 4 rings (SSSR count). The van der Waals surface area contributed by atoms with E-state index in [0.717, 1.165) is 18.2 Å². The molecule has 0 radical (unpaired) electrons. The topological polar surface area (TPSA) is 135 Å². The van der Waals surface area contributed by atoms with E-state index in [1.165, 1.54) is 12.3 Å². The summed E-state index contributed by atoms with van der Waals surface area (Å²) < 4.78 is 75.3. The first-order valence-corrected chi connectivity index (χ1v) is 9.71. The van der Waals surface area contributed by atoms with E-state index < -0.39 is 46.6 Å². The number of nitrogen functional groups attached to an aromatic ring is 1. The number of benzene rings is 1. The number of ether oxygens (including phenoxy) is 1. The zero-order chi connectivity index (χ0) is 25.5. The molecule has 35 heavy (non-hydrogen) atoms. The lowest BCUT2D eigenvalue weighted by molar-refractivity contribution is -0.143. The summed E-state index contributed by atoms with van der Waals surface area (Å²) in [5.41, 5.74) is 7.24. The molecule has 9 nitrogen and oxygen atoms in total. The summed E-state index contributed by atoms with van der Waals surface area (Å²) in [6.07, 6.45) is -2.68. The fourth-order valence-electron chi connectivity index (χ4n) is 3.04. The number of primary amides is 1. The van der Waals surface area contributed by atoms with Crippen molar-refractivity contribution in [2.24, 2.45) is 5.73 Å². The van der Waals surface area contributed by atoms with Gasteiger partial charge >= 0.3 is 6.18 Å². The smallest absolute Gasteiger partial charge is 0.434 e. The van der Waals surface area contributed by atoms with Crippen LogP contribution in [0.3, 0.4) is 0 Å². The minimum Gasteiger partial charge on any atom is -0.453 e. The van der Waals surface area contributed by atoms with E-state index in [2.05, 4.69) is 20.1 Å². The van der Waals surface area contributed by atoms with E-state index in [-0.39, 0.29) is 32.6 Å². The second-order valence-electron chi connectivity index (χ2n) is 6.80. The van der Waals surface area contributed by atoms with Gasteiger partial charge in [0.25, 0.3) is 11.9 Å². The maximum absolute atomic E-state index is 14.8. The molecule has 0 aliphatic heterocycles. The molecule has 4 N–H and O–H groups in total. The number of alkyl halides is 3. The van der Waals surface area contributed by atoms with Crippen LogP contribution in [0.5, 0.6) is 11.5 Å². The highest BCUT2D eigenvalue weighted by atomic mass is 35.5. The Balaban J connectivity index is 1.85. The quantitative estimate of drug-likeness (QED) is 0.384. The van der Waals surface area contributed by atoms with Crippen molar-refractivity contribution >= 4 is 23.3 Å². The van der Waals surface area contributed by atoms with E-state index in [4.69, 9.17) is 27.8 Å². The first-order chi connectivity index (χ1) is 16.5. The number of anilines is 1. The van der Waals surface area contributed by atoms with E-state index in [0.29, 0.717) is 12.4 Å². The van der Waals surface area contributed by atoms with Crippen molar-refractivity contribution in [2.75, 3.05) is 5.73 Å². The molecule has 0 aliphatic carbocycles. The predicted octanol–water partition coefficient (Wildman–Crippen LogP) is 4.15. The number of halogens is 6. The largest absolute Gasteiger partial charge is 0.453 e. The molecule has 1 amide bonds. The molecule has 1 aromatic carbocycles. The summed E-state index contributed by atoms with van der Waals surface area (Å²) in [4.78, 5) is 22.7. The molecular formula is C20H11ClF5N7O2. The minimum absolute atomic E-state index is 0.0271. The standard InChI is InChI=1S/C20H11ClF5N7O2/c21-14-12(3-4-29-17(14)27)35-11-2-1-8(5-10(11)23)15-13(18(28)34)16(20(24,25)26)33(32-15)19-30-6-9(22)7-31-19/h1-7H,(H2,27,29)(H2,28,34). The highest BCUT2D eigenvalue weighted by molar-refractivity contribution is 6.34. The van der Waals surface area contributed by atoms with Crippen LogP contribution in [0.1, 0.15) is 16.1 Å². The Morgan fingerprint density at radius 3 is 2.34 bits per heavy atom. The van der Waals surface area contributed by atoms with Crippen molar-refractivity contribution in [3.05, 3.63) is 70.8 Å². The predicted molar refractivity (Wildman–Crippen MR) is 112 cm³/mol. The van der Waals surface area contributed by atoms with Crippen molar-refractivity contribution in [3.63, 3.8) is 0 Å². The van der Waals surface area contributed by atoms with Gasteiger partial charge in [-0.3, -0.25) is 4.79 Å². The Morgan fingerprint density at radius 1 is 1.06 bits per heavy atom. The third-order valence-corrected chi connectivity index (χ3v) is 4.88. The average Bonchev–Trinajstić information content (AvgIpc) is 3.20. The van der Waals surface area contributed by atoms with Crippen molar-refractivity contribution in [1.82, 2.24) is 24.7 Å². The van der Waals surface area contributed by atoms with Gasteiger partial charge < -0.3 is 16.2 Å². The summed E-state index contributed by atoms with van der Waals surface area (Å²) in [6, 6.07) is 4.31. The number of nitrogens with two attached hydrogens (primary N) is 2. The lowest BCUT2D eigenvalue weighted by Gasteiger charge is -2.11. The zero-order valence-electron chi connectivity index (χ0n) is 17.0. The molecule has 0 saturated carbocycles. The van der Waals surface area contributed by atoms with Crippen LogP contribution in [0, 0.1) is 11.6 Å². The molecule has 0 aliphatic rings. The first-order valence-electron chi connectivity index (χ1n) is 9.33. The van der Waals surface area contributed by atoms with Crippen LogP contribution in [0.15, 0.2) is 42.9 Å². The second kappa shape index (κ2) is 8.79. The Labute approximate surface area is 197 Å². The molecule has 15 heteroatoms. The Hall–Kier alpha value is -4.33. The number of aromatic nitrogens is 5. The third-order valence-electron chi connectivity index (χ3n) is 4.50. The SMILES string of the molecule is NC(=O)c1c(-c2ccc(Oc3ccnc(N)c3Cl)c(F)c2)nn(-c2ncc(F)cn2)c1C(F)(F)F. The second-order valence-corrected chi connectivity index (χ2v) is 7.18. The van der Waals surface area contributed by atoms with Gasteiger partial charge in [-0.25, -0.2) is 23.7 Å². The molecule has 0 saturated heterocycles. The molecule has 0 fully saturated rings. The van der Waals surface area contributed by atoms with E-state index in [1.54, 1.807) is 0 Å². The Bertz CT molecular complexity index is 1440. The van der Waals surface area contributed by atoms with Gasteiger partial charge in [-0.1, -0.05) is 11.6 Å². The number of carbonyl (C=O) groups excluding carboxylic acids is 1. The van der Waals surface area contributed by atoms with Crippen LogP contribution in [-0.2, 0) is 6.18 Å². The highest BCUT2D eigenvalue weighted by Gasteiger charge is 2.43. The molecule has 3 heterocycles. The molecule has 3 aromatic heterocycles. The summed E-state index contributed by atoms with van der Waals surface area (Å²) >= 11 is 5.97. The fourth-order valence-corrected chi connectivity index (χ4v) is 3.19. The van der Waals surface area contributed by atoms with Crippen LogP contribution < -0.4 is 16.2 Å². The van der Waals surface area contributed by atoms with Gasteiger partial charge in [0.1, 0.15) is 16.5 Å². The summed E-state index contributed by atoms with van der Waals surface area (Å²) in [5.74, 6) is -4.61. The molecule has 0 unspecified atom stereocenters. The van der Waals surface area contributed by atoms with Gasteiger partial charge in [-0.15, -0.1) is 0 Å². The number of nitrogens with zero attached hydrogens (tertiary/aromatic N) is 5. The highest BCUT2D eigenvalue weighted by Crippen LogP contribution is 2.39. The molecule has 0 bridgehead atoms. The summed E-state index contributed by atoms with van der Waals surface area (Å²) in [6.45, 7) is 0. The van der Waals surface area contributed by atoms with E-state index in [1.807, 2.05) is 0 Å². The number of amides is 1. The maximum atomic E-state index is 14.8. The van der Waals surface area contributed by atoms with Gasteiger partial charge in [0.2, 0.25) is 0 Å². The Kier molecular flexibility index (Phi) is 5.98. The monoisotopic (exact) mass is 511 g/mol. The number of hydrogen-bond acceptors (Lipinski definition) is 7. The summed E-state index contributed by atoms with van der Waals surface area (Å²) in [5, 5.41) is 3.66. The van der Waals surface area contributed by atoms with Crippen molar-refractivity contribution in [3.8, 4) is 28.7 Å². The van der Waals surface area contributed by atoms with Crippen LogP contribution in [-0.4, -0.2) is 30.6 Å². The van der Waals surface area contributed by atoms with E-state index >= 15 is 0 Å². The average molecular weight is 512 g/mol. The van der Waals surface area contributed by atoms with Gasteiger partial charge in [0, 0.05) is 17.8 Å². The molecular weight excluding hydrogens is 501 g/mol. The third kappa shape index (κ3) is 4.55. The van der Waals surface area contributed by atoms with Crippen LogP contribution in [0.2, 0.25) is 5.02 Å². The molecule has 0 spiro atoms. The van der Waals surface area contributed by atoms with Crippen LogP contribution in [0.25, 0.3) is 17.2 Å². The fraction of sp³-hybridized carbons (Fsp3) is 0.0500. The first kappa shape index (κ1) is 23.8. The molecule has 0 atom stereocenters. The number of pyridine rings is 1. The number of carbonyl (C=O) groups is 1. The molecule has 180 valence electrons. The Morgan fingerprint density at radius 2 is 1.74 bits per heavy atom. The number of rotatable bonds is 5.